The molecule has 2 amide bonds. The highest BCUT2D eigenvalue weighted by atomic mass is 16.5. The Bertz CT molecular complexity index is 351. The topological polar surface area (TPSA) is 79.5 Å². The molecule has 1 rings (SSSR count). The molecule has 16 heavy (non-hydrogen) atoms. The predicted molar refractivity (Wildman–Crippen MR) is 59.0 cm³/mol. The van der Waals surface area contributed by atoms with E-state index in [-0.39, 0.29) is 0 Å². The molecule has 0 heterocycles. The second kappa shape index (κ2) is 6.28. The lowest BCUT2D eigenvalue weighted by molar-refractivity contribution is -0.109. The van der Waals surface area contributed by atoms with Gasteiger partial charge in [0.15, 0.2) is 0 Å². The van der Waals surface area contributed by atoms with Crippen molar-refractivity contribution in [1.82, 2.24) is 10.7 Å². The first-order valence-corrected chi connectivity index (χ1v) is 4.77. The smallest absolute Gasteiger partial charge is 0.410 e. The van der Waals surface area contributed by atoms with Crippen LogP contribution in [-0.4, -0.2) is 19.0 Å². The van der Waals surface area contributed by atoms with Crippen molar-refractivity contribution in [1.29, 1.82) is 0 Å². The van der Waals surface area contributed by atoms with Crippen LogP contribution in [0.15, 0.2) is 24.3 Å². The summed E-state index contributed by atoms with van der Waals surface area (Å²) < 4.78 is 4.95. The highest BCUT2D eigenvalue weighted by molar-refractivity contribution is 5.70. The Morgan fingerprint density at radius 1 is 1.38 bits per heavy atom. The number of hydrogen-bond donors (Lipinski definition) is 3. The van der Waals surface area contributed by atoms with Crippen LogP contribution in [0, 0.1) is 0 Å². The summed E-state index contributed by atoms with van der Waals surface area (Å²) in [6.07, 6.45) is 0.0354. The molecule has 0 spiro atoms. The van der Waals surface area contributed by atoms with Crippen molar-refractivity contribution in [3.63, 3.8) is 0 Å². The van der Waals surface area contributed by atoms with Crippen LogP contribution >= 0.6 is 0 Å². The molecule has 0 bridgehead atoms. The molecule has 0 aliphatic heterocycles. The van der Waals surface area contributed by atoms with E-state index in [1.54, 1.807) is 31.2 Å². The first kappa shape index (κ1) is 11.8. The van der Waals surface area contributed by atoms with Gasteiger partial charge in [0.1, 0.15) is 5.75 Å². The molecule has 0 aliphatic carbocycles. The number of ether oxygens (including phenoxy) is 1. The number of anilines is 1. The van der Waals surface area contributed by atoms with Crippen LogP contribution in [-0.2, 0) is 4.79 Å². The van der Waals surface area contributed by atoms with Crippen molar-refractivity contribution in [2.75, 3.05) is 12.0 Å². The van der Waals surface area contributed by atoms with Crippen molar-refractivity contribution in [3.8, 4) is 5.75 Å². The summed E-state index contributed by atoms with van der Waals surface area (Å²) in [7, 11) is 0. The number of carbonyl (C=O) groups is 2. The van der Waals surface area contributed by atoms with Crippen LogP contribution in [0.2, 0.25) is 0 Å². The van der Waals surface area contributed by atoms with Gasteiger partial charge in [0.2, 0.25) is 6.41 Å². The fraction of sp³-hybridized carbons (Fsp3) is 0.200. The van der Waals surface area contributed by atoms with Gasteiger partial charge in [0.05, 0.1) is 5.69 Å². The molecule has 0 fully saturated rings. The lowest BCUT2D eigenvalue weighted by Gasteiger charge is -2.06. The fourth-order valence-electron chi connectivity index (χ4n) is 1.01. The number of carbonyl (C=O) groups excluding carboxylic acids is 2. The normalized spacial score (nSPS) is 9.06. The van der Waals surface area contributed by atoms with Gasteiger partial charge in [-0.3, -0.25) is 15.6 Å². The van der Waals surface area contributed by atoms with Crippen LogP contribution in [0.4, 0.5) is 10.5 Å². The monoisotopic (exact) mass is 223 g/mol. The Morgan fingerprint density at radius 2 is 2.06 bits per heavy atom. The van der Waals surface area contributed by atoms with Gasteiger partial charge < -0.3 is 10.1 Å². The van der Waals surface area contributed by atoms with Gasteiger partial charge in [-0.25, -0.2) is 4.79 Å². The molecule has 0 radical (unpaired) electrons. The second-order valence-electron chi connectivity index (χ2n) is 2.83. The summed E-state index contributed by atoms with van der Waals surface area (Å²) in [5, 5.41) is 2.51. The molecule has 1 aromatic carbocycles. The average Bonchev–Trinajstić information content (AvgIpc) is 2.28. The lowest BCUT2D eigenvalue weighted by atomic mass is 10.3. The van der Waals surface area contributed by atoms with E-state index in [0.717, 1.165) is 0 Å². The Hall–Kier alpha value is -2.24. The summed E-state index contributed by atoms with van der Waals surface area (Å²) in [6, 6.07) is 6.57. The third kappa shape index (κ3) is 3.87. The zero-order chi connectivity index (χ0) is 11.8. The van der Waals surface area contributed by atoms with E-state index < -0.39 is 6.09 Å². The molecule has 0 aromatic heterocycles. The molecule has 6 nitrogen and oxygen atoms in total. The summed E-state index contributed by atoms with van der Waals surface area (Å²) in [4.78, 5) is 21.1. The molecule has 0 atom stereocenters. The molecular formula is C10H13N3O3. The zero-order valence-corrected chi connectivity index (χ0v) is 8.82. The van der Waals surface area contributed by atoms with Crippen LogP contribution in [0.25, 0.3) is 0 Å². The first-order chi connectivity index (χ1) is 7.76. The Labute approximate surface area is 92.9 Å². The minimum Gasteiger partial charge on any atom is -0.410 e. The first-order valence-electron chi connectivity index (χ1n) is 4.77. The maximum atomic E-state index is 11.1. The molecular weight excluding hydrogens is 210 g/mol. The van der Waals surface area contributed by atoms with Crippen LogP contribution in [0.1, 0.15) is 6.92 Å². The van der Waals surface area contributed by atoms with Gasteiger partial charge in [-0.2, -0.15) is 0 Å². The SMILES string of the molecule is CCNC(=O)Oc1ccc(NNC=O)cc1. The minimum atomic E-state index is -0.491. The van der Waals surface area contributed by atoms with Crippen LogP contribution < -0.4 is 20.9 Å². The molecule has 0 saturated heterocycles. The largest absolute Gasteiger partial charge is 0.412 e. The molecule has 3 N–H and O–H groups in total. The molecule has 86 valence electrons. The molecule has 1 aromatic rings. The van der Waals surface area contributed by atoms with Crippen molar-refractivity contribution < 1.29 is 14.3 Å². The summed E-state index contributed by atoms with van der Waals surface area (Å²) in [6.45, 7) is 2.32. The minimum absolute atomic E-state index is 0.433. The van der Waals surface area contributed by atoms with Crippen molar-refractivity contribution in [2.24, 2.45) is 0 Å². The van der Waals surface area contributed by atoms with Gasteiger partial charge in [-0.05, 0) is 31.2 Å². The van der Waals surface area contributed by atoms with E-state index in [2.05, 4.69) is 16.2 Å². The van der Waals surface area contributed by atoms with Crippen molar-refractivity contribution in [3.05, 3.63) is 24.3 Å². The van der Waals surface area contributed by atoms with Crippen molar-refractivity contribution in [2.45, 2.75) is 6.92 Å². The number of benzene rings is 1. The molecule has 0 saturated carbocycles. The summed E-state index contributed by atoms with van der Waals surface area (Å²) >= 11 is 0. The summed E-state index contributed by atoms with van der Waals surface area (Å²) in [5.41, 5.74) is 5.61. The van der Waals surface area contributed by atoms with E-state index in [1.807, 2.05) is 0 Å². The standard InChI is InChI=1S/C10H13N3O3/c1-2-11-10(15)16-9-5-3-8(4-6-9)13-12-7-14/h3-7,13H,2H2,1H3,(H,11,15)(H,12,14). The van der Waals surface area contributed by atoms with Gasteiger partial charge in [0.25, 0.3) is 0 Å². The number of rotatable bonds is 5. The van der Waals surface area contributed by atoms with Gasteiger partial charge in [-0.15, -0.1) is 0 Å². The highest BCUT2D eigenvalue weighted by Crippen LogP contribution is 2.14. The Balaban J connectivity index is 2.50. The zero-order valence-electron chi connectivity index (χ0n) is 8.82. The van der Waals surface area contributed by atoms with Gasteiger partial charge in [0, 0.05) is 6.54 Å². The maximum absolute atomic E-state index is 11.1. The van der Waals surface area contributed by atoms with Crippen LogP contribution in [0.5, 0.6) is 5.75 Å². The van der Waals surface area contributed by atoms with Crippen LogP contribution in [0.3, 0.4) is 0 Å². The third-order valence-corrected chi connectivity index (χ3v) is 1.66. The fourth-order valence-corrected chi connectivity index (χ4v) is 1.01. The Kier molecular flexibility index (Phi) is 4.65. The highest BCUT2D eigenvalue weighted by Gasteiger charge is 2.01. The molecule has 0 aliphatic rings. The number of nitrogens with one attached hydrogen (secondary N) is 3. The van der Waals surface area contributed by atoms with Crippen molar-refractivity contribution >= 4 is 18.2 Å². The number of amides is 2. The summed E-state index contributed by atoms with van der Waals surface area (Å²) in [5.74, 6) is 0.433. The Morgan fingerprint density at radius 3 is 2.62 bits per heavy atom. The number of hydrogen-bond acceptors (Lipinski definition) is 4. The number of hydrazine groups is 1. The van der Waals surface area contributed by atoms with E-state index in [0.29, 0.717) is 24.4 Å². The van der Waals surface area contributed by atoms with E-state index in [4.69, 9.17) is 4.74 Å². The van der Waals surface area contributed by atoms with E-state index in [1.165, 1.54) is 0 Å². The van der Waals surface area contributed by atoms with Gasteiger partial charge in [-0.1, -0.05) is 0 Å². The molecule has 0 unspecified atom stereocenters. The third-order valence-electron chi connectivity index (χ3n) is 1.66. The van der Waals surface area contributed by atoms with Gasteiger partial charge >= 0.3 is 6.09 Å². The molecule has 6 heteroatoms. The maximum Gasteiger partial charge on any atom is 0.412 e. The average molecular weight is 223 g/mol. The second-order valence-corrected chi connectivity index (χ2v) is 2.83. The van der Waals surface area contributed by atoms with E-state index in [9.17, 15) is 9.59 Å². The quantitative estimate of drug-likeness (QED) is 0.511. The van der Waals surface area contributed by atoms with E-state index >= 15 is 0 Å². The lowest BCUT2D eigenvalue weighted by Crippen LogP contribution is -2.26. The predicted octanol–water partition coefficient (Wildman–Crippen LogP) is 0.868.